The fourth-order valence-electron chi connectivity index (χ4n) is 10.7. The van der Waals surface area contributed by atoms with Gasteiger partial charge in [-0.25, -0.2) is 19.2 Å². The summed E-state index contributed by atoms with van der Waals surface area (Å²) in [6, 6.07) is 0. The molecule has 1 aliphatic carbocycles. The summed E-state index contributed by atoms with van der Waals surface area (Å²) < 4.78 is 609. The lowest BCUT2D eigenvalue weighted by Crippen LogP contribution is -2.78. The van der Waals surface area contributed by atoms with E-state index in [1.807, 2.05) is 0 Å². The molecule has 12 atom stereocenters. The van der Waals surface area contributed by atoms with E-state index in [2.05, 4.69) is 64.2 Å². The van der Waals surface area contributed by atoms with Crippen LogP contribution in [-0.2, 0) is 57.1 Å². The van der Waals surface area contributed by atoms with Crippen LogP contribution in [0.5, 0.6) is 0 Å². The van der Waals surface area contributed by atoms with Gasteiger partial charge in [0, 0.05) is 25.7 Å². The maximum atomic E-state index is 14.6. The van der Waals surface area contributed by atoms with E-state index >= 15 is 0 Å². The van der Waals surface area contributed by atoms with Crippen molar-refractivity contribution in [2.24, 2.45) is 5.92 Å². The van der Waals surface area contributed by atoms with Crippen molar-refractivity contribution in [3.05, 3.63) is 48.6 Å². The third-order valence-corrected chi connectivity index (χ3v) is 17.3. The average Bonchev–Trinajstić information content (AvgIpc) is 0.721. The van der Waals surface area contributed by atoms with E-state index in [0.29, 0.717) is 13.3 Å². The topological polar surface area (TPSA) is 223 Å². The predicted octanol–water partition coefficient (Wildman–Crippen LogP) is 16.9. The Morgan fingerprint density at radius 2 is 0.696 bits per heavy atom. The molecule has 4 saturated heterocycles. The van der Waals surface area contributed by atoms with E-state index in [1.165, 1.54) is 0 Å². The smallest absolute Gasteiger partial charge is 0.449 e. The first-order valence-electron chi connectivity index (χ1n) is 29.6. The third-order valence-electron chi connectivity index (χ3n) is 17.3. The Balaban J connectivity index is 0.000000521. The molecular formula is C55H48F44O16. The molecule has 115 heavy (non-hydrogen) atoms. The molecule has 0 aromatic heterocycles. The van der Waals surface area contributed by atoms with Crippen molar-refractivity contribution in [3.8, 4) is 0 Å². The van der Waals surface area contributed by atoms with Gasteiger partial charge in [-0.05, 0) is 46.0 Å². The van der Waals surface area contributed by atoms with Gasteiger partial charge in [0.2, 0.25) is 0 Å². The number of halogens is 44. The number of aliphatic hydroxyl groups is 4. The van der Waals surface area contributed by atoms with Crippen LogP contribution in [0.15, 0.2) is 48.6 Å². The van der Waals surface area contributed by atoms with Crippen molar-refractivity contribution >= 4 is 23.9 Å². The van der Waals surface area contributed by atoms with Gasteiger partial charge in [-0.1, -0.05) is 52.5 Å². The lowest BCUT2D eigenvalue weighted by atomic mass is 9.70. The quantitative estimate of drug-likeness (QED) is 0.0691. The minimum Gasteiger partial charge on any atom is -0.452 e. The molecular weight excluding hydrogens is 1750 g/mol. The Morgan fingerprint density at radius 3 is 0.991 bits per heavy atom. The standard InChI is InChI=1S/C17H17F11O4.2C13H11F11O4.C12H9F11O4/c1-8(14(20,21)22)11(29)31-10-7-12(16(23,24)25,9-5-3-2-4-6-9)32-15(30,13(10,18)19)17(26,27)28;1-5(9(14,15)16)6(25)27-7(2)4-8(3,12(19,20)21)28-11(26,10(7,17)18)13(22,23)24;1-3-8(12(19,20)21)4-6(27-7(25)5(2)10(16,17)18)9(14,15)11(26,28-8)13(22,23)24;1-4(8(13,14)15)6(24)27-7(2)3-5(9(16,17)18)26-11(25,10(7,19)20)12(21,22)23/h9-10,30H,1-7H2;26H,1,4H2,2-3H3;6,26H,2-4H2,1H3;5,25H,1,3H2,2H3. The van der Waals surface area contributed by atoms with Crippen LogP contribution in [0, 0.1) is 5.92 Å². The number of ether oxygens (including phenoxy) is 8. The molecule has 4 aliphatic heterocycles. The lowest BCUT2D eigenvalue weighted by molar-refractivity contribution is -0.514. The highest BCUT2D eigenvalue weighted by atomic mass is 19.5. The van der Waals surface area contributed by atoms with Crippen molar-refractivity contribution in [2.45, 2.75) is 259 Å². The Hall–Kier alpha value is -6.56. The molecule has 5 rings (SSSR count). The summed E-state index contributed by atoms with van der Waals surface area (Å²) >= 11 is 0. The normalized spacial score (nSPS) is 32.5. The SMILES string of the molecule is C=C(C(=O)OC1(C)CC(C(F)(F)F)OC(O)(C(F)(F)F)C1(F)F)C(F)(F)F.C=C(C(=O)OC1(C)CC(C)(C(F)(F)F)OC(O)(C(F)(F)F)C1(F)F)C(F)(F)F.C=C(C(=O)OC1CC(C2CCCCC2)(C(F)(F)F)OC(O)(C(F)(F)F)C1(F)F)C(F)(F)F.C=C(C(=O)OC1CC(CC)(C(F)(F)F)OC(O)(C(F)(F)F)C1(F)F)C(F)(F)F. The summed E-state index contributed by atoms with van der Waals surface area (Å²) in [5.74, 6) is -59.4. The fourth-order valence-corrected chi connectivity index (χ4v) is 10.7. The zero-order valence-electron chi connectivity index (χ0n) is 56.0. The van der Waals surface area contributed by atoms with E-state index in [0.717, 1.165) is 0 Å². The van der Waals surface area contributed by atoms with E-state index in [1.54, 1.807) is 0 Å². The molecule has 16 nitrogen and oxygen atoms in total. The summed E-state index contributed by atoms with van der Waals surface area (Å²) in [5, 5.41) is 37.6. The molecule has 12 unspecified atom stereocenters. The molecule has 1 saturated carbocycles. The van der Waals surface area contributed by atoms with Crippen molar-refractivity contribution in [1.29, 1.82) is 0 Å². The number of esters is 4. The van der Waals surface area contributed by atoms with Crippen LogP contribution in [-0.4, -0.2) is 212 Å². The highest BCUT2D eigenvalue weighted by Gasteiger charge is 2.88. The van der Waals surface area contributed by atoms with E-state index in [4.69, 9.17) is 0 Å². The van der Waals surface area contributed by atoms with Crippen LogP contribution >= 0.6 is 0 Å². The molecule has 672 valence electrons. The fraction of sp³-hybridized carbons (Fsp3) is 0.782. The van der Waals surface area contributed by atoms with E-state index in [9.17, 15) is 233 Å². The van der Waals surface area contributed by atoms with Crippen LogP contribution in [0.1, 0.15) is 91.9 Å². The average molecular weight is 1800 g/mol. The van der Waals surface area contributed by atoms with Crippen LogP contribution in [0.2, 0.25) is 0 Å². The summed E-state index contributed by atoms with van der Waals surface area (Å²) in [7, 11) is 0. The second kappa shape index (κ2) is 31.2. The first kappa shape index (κ1) is 105. The highest BCUT2D eigenvalue weighted by Crippen LogP contribution is 2.65. The summed E-state index contributed by atoms with van der Waals surface area (Å²) in [5.41, 5.74) is -30.6. The number of hydrogen-bond acceptors (Lipinski definition) is 16. The third kappa shape index (κ3) is 19.5. The van der Waals surface area contributed by atoms with Crippen LogP contribution in [0.25, 0.3) is 0 Å². The zero-order chi connectivity index (χ0) is 92.2. The number of hydrogen-bond donors (Lipinski definition) is 4. The molecule has 4 N–H and O–H groups in total. The maximum Gasteiger partial charge on any atom is 0.449 e. The van der Waals surface area contributed by atoms with Crippen LogP contribution in [0.4, 0.5) is 193 Å². The molecule has 0 aromatic carbocycles. The Morgan fingerprint density at radius 1 is 0.383 bits per heavy atom. The maximum absolute atomic E-state index is 14.6. The van der Waals surface area contributed by atoms with Gasteiger partial charge < -0.3 is 58.3 Å². The van der Waals surface area contributed by atoms with Gasteiger partial charge in [0.25, 0.3) is 0 Å². The van der Waals surface area contributed by atoms with E-state index < -0.39 is 264 Å². The van der Waals surface area contributed by atoms with E-state index in [-0.39, 0.29) is 33.6 Å². The van der Waals surface area contributed by atoms with Crippen molar-refractivity contribution < 1.29 is 271 Å². The van der Waals surface area contributed by atoms with Crippen molar-refractivity contribution in [2.75, 3.05) is 0 Å². The van der Waals surface area contributed by atoms with Gasteiger partial charge in [-0.2, -0.15) is 193 Å². The van der Waals surface area contributed by atoms with Gasteiger partial charge in [-0.3, -0.25) is 0 Å². The minimum absolute atomic E-state index is 0.0576. The molecule has 5 aliphatic rings. The number of alkyl halides is 44. The molecule has 60 heteroatoms. The van der Waals surface area contributed by atoms with Crippen molar-refractivity contribution in [3.63, 3.8) is 0 Å². The number of carbonyl (C=O) groups excluding carboxylic acids is 4. The number of rotatable bonds is 10. The Labute approximate surface area is 608 Å². The molecule has 0 amide bonds. The Kier molecular flexibility index (Phi) is 28.4. The molecule has 0 radical (unpaired) electrons. The van der Waals surface area contributed by atoms with Crippen LogP contribution < -0.4 is 0 Å². The largest absolute Gasteiger partial charge is 0.452 e. The summed E-state index contributed by atoms with van der Waals surface area (Å²) in [6.45, 7) is 8.64. The van der Waals surface area contributed by atoms with Gasteiger partial charge in [0.15, 0.2) is 46.3 Å². The van der Waals surface area contributed by atoms with Crippen LogP contribution in [0.3, 0.4) is 0 Å². The highest BCUT2D eigenvalue weighted by molar-refractivity contribution is 5.91. The second-order valence-electron chi connectivity index (χ2n) is 25.4. The van der Waals surface area contributed by atoms with Gasteiger partial charge in [-0.15, -0.1) is 0 Å². The minimum atomic E-state index is -6.57. The molecule has 5 fully saturated rings. The Bertz CT molecular complexity index is 3570. The second-order valence-corrected chi connectivity index (χ2v) is 25.4. The molecule has 4 heterocycles. The first-order chi connectivity index (χ1) is 49.9. The van der Waals surface area contributed by atoms with Gasteiger partial charge in [0.1, 0.15) is 22.3 Å². The molecule has 0 spiro atoms. The lowest BCUT2D eigenvalue weighted by Gasteiger charge is -2.55. The summed E-state index contributed by atoms with van der Waals surface area (Å²) in [4.78, 5) is 45.6. The zero-order valence-corrected chi connectivity index (χ0v) is 56.0. The molecule has 0 bridgehead atoms. The van der Waals surface area contributed by atoms with Gasteiger partial charge >= 0.3 is 145 Å². The number of carbonyl (C=O) groups is 4. The summed E-state index contributed by atoms with van der Waals surface area (Å²) in [6.07, 6.45) is -93.7. The predicted molar refractivity (Wildman–Crippen MR) is 275 cm³/mol. The first-order valence-corrected chi connectivity index (χ1v) is 29.6. The monoisotopic (exact) mass is 1800 g/mol. The molecule has 0 aromatic rings. The van der Waals surface area contributed by atoms with Crippen molar-refractivity contribution in [1.82, 2.24) is 0 Å². The van der Waals surface area contributed by atoms with Gasteiger partial charge in [0.05, 0.1) is 0 Å².